The highest BCUT2D eigenvalue weighted by Gasteiger charge is 1.98. The van der Waals surface area contributed by atoms with Gasteiger partial charge in [-0.3, -0.25) is 0 Å². The number of hydrazone groups is 2. The Hall–Kier alpha value is -3.10. The Kier molecular flexibility index (Phi) is 7.79. The van der Waals surface area contributed by atoms with Crippen molar-refractivity contribution >= 4 is 58.9 Å². The average molecular weight is 419 g/mol. The van der Waals surface area contributed by atoms with Crippen LogP contribution >= 0.6 is 23.2 Å². The van der Waals surface area contributed by atoms with Crippen LogP contribution in [0.5, 0.6) is 0 Å². The fourth-order valence-electron chi connectivity index (χ4n) is 1.90. The Morgan fingerprint density at radius 1 is 0.786 bits per heavy atom. The fraction of sp³-hybridized carbons (Fsp3) is 0.111. The topological polar surface area (TPSA) is 126 Å². The number of hydrogen-bond donors (Lipinski definition) is 4. The van der Waals surface area contributed by atoms with Gasteiger partial charge < -0.3 is 11.5 Å². The molecule has 28 heavy (non-hydrogen) atoms. The molecule has 0 unspecified atom stereocenters. The predicted molar refractivity (Wildman–Crippen MR) is 118 cm³/mol. The van der Waals surface area contributed by atoms with Gasteiger partial charge in [-0.2, -0.15) is 10.2 Å². The molecule has 0 saturated carbocycles. The minimum atomic E-state index is 0.106. The summed E-state index contributed by atoms with van der Waals surface area (Å²) in [6.45, 7) is 3.81. The van der Waals surface area contributed by atoms with E-state index in [1.807, 2.05) is 26.0 Å². The van der Waals surface area contributed by atoms with Crippen molar-refractivity contribution in [2.75, 3.05) is 0 Å². The molecule has 0 aliphatic carbocycles. The number of nitrogens with zero attached hydrogens (tertiary/aromatic N) is 4. The maximum atomic E-state index is 6.04. The molecule has 2 aromatic carbocycles. The lowest BCUT2D eigenvalue weighted by Gasteiger charge is -2.02. The first-order chi connectivity index (χ1) is 13.3. The van der Waals surface area contributed by atoms with Crippen LogP contribution in [0.1, 0.15) is 11.1 Å². The summed E-state index contributed by atoms with van der Waals surface area (Å²) in [5.74, 6) is 0.213. The molecule has 0 radical (unpaired) electrons. The number of hydrogen-bond acceptors (Lipinski definition) is 4. The average Bonchev–Trinajstić information content (AvgIpc) is 2.64. The van der Waals surface area contributed by atoms with E-state index in [1.165, 1.54) is 12.4 Å². The van der Waals surface area contributed by atoms with Crippen LogP contribution in [-0.4, -0.2) is 24.3 Å². The third-order valence-corrected chi connectivity index (χ3v) is 4.20. The number of guanidine groups is 2. The normalized spacial score (nSPS) is 12.7. The number of rotatable bonds is 5. The quantitative estimate of drug-likeness (QED) is 0.337. The van der Waals surface area contributed by atoms with Gasteiger partial charge in [0.15, 0.2) is 0 Å². The second-order valence-corrected chi connectivity index (χ2v) is 6.46. The van der Waals surface area contributed by atoms with Gasteiger partial charge in [0.25, 0.3) is 0 Å². The van der Waals surface area contributed by atoms with Crippen LogP contribution in [0.2, 0.25) is 10.0 Å². The molecule has 0 aliphatic rings. The highest BCUT2D eigenvalue weighted by molar-refractivity contribution is 6.31. The molecule has 0 saturated heterocycles. The van der Waals surface area contributed by atoms with E-state index in [4.69, 9.17) is 34.7 Å². The Labute approximate surface area is 173 Å². The van der Waals surface area contributed by atoms with E-state index in [2.05, 4.69) is 31.0 Å². The molecule has 0 spiro atoms. The lowest BCUT2D eigenvalue weighted by atomic mass is 10.2. The van der Waals surface area contributed by atoms with Crippen molar-refractivity contribution in [3.63, 3.8) is 0 Å². The van der Waals surface area contributed by atoms with Crippen molar-refractivity contribution < 1.29 is 0 Å². The number of aliphatic imine (C=N–C) groups is 2. The molecule has 0 aliphatic heterocycles. The summed E-state index contributed by atoms with van der Waals surface area (Å²) in [7, 11) is 0. The summed E-state index contributed by atoms with van der Waals surface area (Å²) >= 11 is 12.1. The molecule has 2 aromatic rings. The smallest absolute Gasteiger partial charge is 0.214 e. The van der Waals surface area contributed by atoms with Crippen LogP contribution in [0.15, 0.2) is 56.6 Å². The molecule has 0 bridgehead atoms. The van der Waals surface area contributed by atoms with E-state index < -0.39 is 0 Å². The second-order valence-electron chi connectivity index (χ2n) is 5.64. The first kappa shape index (κ1) is 21.2. The molecular formula is C18H20Cl2N8. The van der Waals surface area contributed by atoms with Crippen molar-refractivity contribution in [2.45, 2.75) is 13.8 Å². The number of nitrogens with one attached hydrogen (secondary N) is 2. The maximum absolute atomic E-state index is 6.04. The van der Waals surface area contributed by atoms with E-state index in [0.29, 0.717) is 21.4 Å². The molecule has 8 nitrogen and oxygen atoms in total. The highest BCUT2D eigenvalue weighted by Crippen LogP contribution is 2.22. The number of aryl methyl sites for hydroxylation is 2. The summed E-state index contributed by atoms with van der Waals surface area (Å²) in [6, 6.07) is 10.7. The molecule has 0 heterocycles. The van der Waals surface area contributed by atoms with E-state index in [9.17, 15) is 0 Å². The van der Waals surface area contributed by atoms with Crippen LogP contribution in [-0.2, 0) is 0 Å². The van der Waals surface area contributed by atoms with Gasteiger partial charge in [-0.05, 0) is 49.2 Å². The van der Waals surface area contributed by atoms with Crippen LogP contribution in [0, 0.1) is 13.8 Å². The second kappa shape index (κ2) is 10.3. The van der Waals surface area contributed by atoms with Gasteiger partial charge in [0.1, 0.15) is 0 Å². The maximum Gasteiger partial charge on any atom is 0.214 e. The van der Waals surface area contributed by atoms with Crippen molar-refractivity contribution in [1.82, 2.24) is 10.9 Å². The van der Waals surface area contributed by atoms with Gasteiger partial charge in [0, 0.05) is 10.0 Å². The van der Waals surface area contributed by atoms with E-state index in [0.717, 1.165) is 11.1 Å². The van der Waals surface area contributed by atoms with Crippen LogP contribution in [0.3, 0.4) is 0 Å². The zero-order valence-corrected chi connectivity index (χ0v) is 16.8. The van der Waals surface area contributed by atoms with Crippen molar-refractivity contribution in [2.24, 2.45) is 31.7 Å². The number of benzene rings is 2. The molecule has 2 rings (SSSR count). The SMILES string of the molecule is Cc1ccc(N=C(N)N/N=C/C=N/NC(N)=Nc2ccc(C)c(Cl)c2)cc1Cl. The van der Waals surface area contributed by atoms with Gasteiger partial charge in [-0.15, -0.1) is 0 Å². The Bertz CT molecular complexity index is 873. The standard InChI is InChI=1S/C18H20Cl2N8/c1-11-3-5-13(9-15(11)19)25-17(21)27-23-7-8-24-28-18(22)26-14-6-4-12(2)16(20)10-14/h3-10H,1-2H3,(H3,21,25,27)(H3,22,26,28)/b23-7+,24-8+. The molecular weight excluding hydrogens is 399 g/mol. The first-order valence-electron chi connectivity index (χ1n) is 8.12. The highest BCUT2D eigenvalue weighted by atomic mass is 35.5. The van der Waals surface area contributed by atoms with Gasteiger partial charge in [0.05, 0.1) is 23.8 Å². The number of nitrogens with two attached hydrogens (primary N) is 2. The summed E-state index contributed by atoms with van der Waals surface area (Å²) in [4.78, 5) is 8.28. The molecule has 0 amide bonds. The molecule has 10 heteroatoms. The van der Waals surface area contributed by atoms with Gasteiger partial charge in [-0.25, -0.2) is 20.8 Å². The van der Waals surface area contributed by atoms with Crippen molar-refractivity contribution in [3.05, 3.63) is 57.6 Å². The Morgan fingerprint density at radius 2 is 1.18 bits per heavy atom. The zero-order valence-electron chi connectivity index (χ0n) is 15.3. The lowest BCUT2D eigenvalue weighted by Crippen LogP contribution is -2.27. The van der Waals surface area contributed by atoms with Crippen molar-refractivity contribution in [1.29, 1.82) is 0 Å². The summed E-state index contributed by atoms with van der Waals surface area (Å²) < 4.78 is 0. The molecule has 6 N–H and O–H groups in total. The zero-order chi connectivity index (χ0) is 20.5. The monoisotopic (exact) mass is 418 g/mol. The Balaban J connectivity index is 1.83. The largest absolute Gasteiger partial charge is 0.368 e. The molecule has 0 aromatic heterocycles. The Morgan fingerprint density at radius 3 is 1.54 bits per heavy atom. The van der Waals surface area contributed by atoms with Crippen molar-refractivity contribution in [3.8, 4) is 0 Å². The minimum Gasteiger partial charge on any atom is -0.368 e. The fourth-order valence-corrected chi connectivity index (χ4v) is 2.25. The van der Waals surface area contributed by atoms with Crippen LogP contribution in [0.25, 0.3) is 0 Å². The molecule has 0 atom stereocenters. The summed E-state index contributed by atoms with van der Waals surface area (Å²) in [6.07, 6.45) is 2.74. The third kappa shape index (κ3) is 6.90. The summed E-state index contributed by atoms with van der Waals surface area (Å²) in [5, 5.41) is 8.94. The summed E-state index contributed by atoms with van der Waals surface area (Å²) in [5.41, 5.74) is 19.8. The number of halogens is 2. The lowest BCUT2D eigenvalue weighted by molar-refractivity contribution is 1.01. The van der Waals surface area contributed by atoms with E-state index in [-0.39, 0.29) is 11.9 Å². The first-order valence-corrected chi connectivity index (χ1v) is 8.88. The van der Waals surface area contributed by atoms with Gasteiger partial charge in [0.2, 0.25) is 11.9 Å². The minimum absolute atomic E-state index is 0.106. The van der Waals surface area contributed by atoms with Gasteiger partial charge >= 0.3 is 0 Å². The van der Waals surface area contributed by atoms with E-state index in [1.54, 1.807) is 24.3 Å². The third-order valence-electron chi connectivity index (χ3n) is 3.38. The van der Waals surface area contributed by atoms with Gasteiger partial charge in [-0.1, -0.05) is 35.3 Å². The molecule has 0 fully saturated rings. The van der Waals surface area contributed by atoms with Crippen LogP contribution in [0.4, 0.5) is 11.4 Å². The van der Waals surface area contributed by atoms with E-state index >= 15 is 0 Å². The molecule has 146 valence electrons. The van der Waals surface area contributed by atoms with Crippen LogP contribution < -0.4 is 22.3 Å². The predicted octanol–water partition coefficient (Wildman–Crippen LogP) is 3.35.